The molecule has 192 valence electrons. The molecule has 1 aliphatic carbocycles. The second-order valence-electron chi connectivity index (χ2n) is 11.0. The van der Waals surface area contributed by atoms with Gasteiger partial charge in [0, 0.05) is 70.1 Å². The summed E-state index contributed by atoms with van der Waals surface area (Å²) in [5, 5.41) is 22.8. The number of aromatic nitrogens is 2. The summed E-state index contributed by atoms with van der Waals surface area (Å²) in [5.41, 5.74) is 1.30. The summed E-state index contributed by atoms with van der Waals surface area (Å²) in [4.78, 5) is 19.0. The van der Waals surface area contributed by atoms with Gasteiger partial charge in [0.05, 0.1) is 23.0 Å². The Bertz CT molecular complexity index is 1090. The number of likely N-dealkylation sites (N-methyl/N-ethyl adjacent to an activating group) is 1. The van der Waals surface area contributed by atoms with Gasteiger partial charge in [0.1, 0.15) is 0 Å². The van der Waals surface area contributed by atoms with Crippen LogP contribution < -0.4 is 9.91 Å². The van der Waals surface area contributed by atoms with E-state index < -0.39 is 5.60 Å². The predicted molar refractivity (Wildman–Crippen MR) is 141 cm³/mol. The number of likely N-dealkylation sites (tertiary alicyclic amines) is 1. The number of carbonyl (C=O) groups excluding carboxylic acids is 1. The zero-order valence-corrected chi connectivity index (χ0v) is 21.2. The standard InChI is InChI=1S/C27H37N7O2/c1-30-16-18-31(19-17-30)25-9-13-33(29-25)22-4-6-23(7-5-22)34-24(8-12-28-34)20-27(36)10-14-32(15-11-27)26(35)21-2-3-21/h4-7,9,12-13,21,24,36H,2-3,8,10-11,14-20H2,1H3. The van der Waals surface area contributed by atoms with Gasteiger partial charge in [-0.15, -0.1) is 0 Å². The number of carbonyl (C=O) groups is 1. The molecule has 1 amide bonds. The van der Waals surface area contributed by atoms with Gasteiger partial charge in [-0.05, 0) is 63.4 Å². The third kappa shape index (κ3) is 4.86. The van der Waals surface area contributed by atoms with Crippen LogP contribution in [0.3, 0.4) is 0 Å². The van der Waals surface area contributed by atoms with Crippen LogP contribution in [-0.2, 0) is 4.79 Å². The van der Waals surface area contributed by atoms with Crippen molar-refractivity contribution in [2.75, 3.05) is 56.2 Å². The minimum atomic E-state index is -0.744. The molecule has 1 aromatic heterocycles. The number of aliphatic hydroxyl groups is 1. The van der Waals surface area contributed by atoms with Gasteiger partial charge in [0.25, 0.3) is 0 Å². The lowest BCUT2D eigenvalue weighted by atomic mass is 9.84. The molecule has 1 aromatic carbocycles. The molecule has 4 heterocycles. The van der Waals surface area contributed by atoms with Crippen LogP contribution in [0.2, 0.25) is 0 Å². The van der Waals surface area contributed by atoms with Crippen LogP contribution >= 0.6 is 0 Å². The van der Waals surface area contributed by atoms with Crippen molar-refractivity contribution in [1.82, 2.24) is 19.6 Å². The molecule has 3 fully saturated rings. The topological polar surface area (TPSA) is 80.4 Å². The van der Waals surface area contributed by atoms with Crippen molar-refractivity contribution in [3.8, 4) is 5.69 Å². The number of piperazine rings is 1. The molecule has 2 aromatic rings. The van der Waals surface area contributed by atoms with Gasteiger partial charge in [-0.25, -0.2) is 4.68 Å². The molecular weight excluding hydrogens is 454 g/mol. The molecule has 9 nitrogen and oxygen atoms in total. The third-order valence-corrected chi connectivity index (χ3v) is 8.26. The van der Waals surface area contributed by atoms with E-state index in [2.05, 4.69) is 52.3 Å². The first-order valence-electron chi connectivity index (χ1n) is 13.4. The normalized spacial score (nSPS) is 24.5. The largest absolute Gasteiger partial charge is 0.390 e. The molecule has 1 N–H and O–H groups in total. The fourth-order valence-electron chi connectivity index (χ4n) is 5.69. The maximum atomic E-state index is 12.4. The summed E-state index contributed by atoms with van der Waals surface area (Å²) in [6.45, 7) is 5.45. The predicted octanol–water partition coefficient (Wildman–Crippen LogP) is 2.34. The van der Waals surface area contributed by atoms with E-state index in [1.807, 2.05) is 27.0 Å². The van der Waals surface area contributed by atoms with Crippen molar-refractivity contribution in [2.45, 2.75) is 50.2 Å². The summed E-state index contributed by atoms with van der Waals surface area (Å²) >= 11 is 0. The number of amides is 1. The van der Waals surface area contributed by atoms with E-state index in [1.165, 1.54) is 0 Å². The van der Waals surface area contributed by atoms with Gasteiger partial charge in [0.2, 0.25) is 5.91 Å². The molecule has 4 aliphatic rings. The number of anilines is 2. The van der Waals surface area contributed by atoms with Crippen molar-refractivity contribution in [3.63, 3.8) is 0 Å². The average Bonchev–Trinajstić information content (AvgIpc) is 3.45. The first kappa shape index (κ1) is 23.5. The summed E-state index contributed by atoms with van der Waals surface area (Å²) in [5.74, 6) is 1.56. The van der Waals surface area contributed by atoms with E-state index >= 15 is 0 Å². The Hall–Kier alpha value is -2.91. The average molecular weight is 492 g/mol. The molecule has 1 atom stereocenters. The van der Waals surface area contributed by atoms with E-state index in [0.717, 1.165) is 62.6 Å². The van der Waals surface area contributed by atoms with Crippen LogP contribution in [0.4, 0.5) is 11.5 Å². The van der Waals surface area contributed by atoms with E-state index in [9.17, 15) is 9.90 Å². The van der Waals surface area contributed by atoms with Gasteiger partial charge in [-0.3, -0.25) is 9.80 Å². The smallest absolute Gasteiger partial charge is 0.225 e. The maximum absolute atomic E-state index is 12.4. The Morgan fingerprint density at radius 2 is 1.69 bits per heavy atom. The SMILES string of the molecule is CN1CCN(c2ccn(-c3ccc(N4N=CCC4CC4(O)CCN(C(=O)C5CC5)CC4)cc3)n2)CC1. The molecule has 0 spiro atoms. The number of nitrogens with zero attached hydrogens (tertiary/aromatic N) is 7. The Kier molecular flexibility index (Phi) is 6.21. The molecule has 2 saturated heterocycles. The number of piperidine rings is 1. The minimum absolute atomic E-state index is 0.125. The third-order valence-electron chi connectivity index (χ3n) is 8.26. The van der Waals surface area contributed by atoms with Crippen LogP contribution in [0, 0.1) is 5.92 Å². The highest BCUT2D eigenvalue weighted by molar-refractivity contribution is 5.81. The van der Waals surface area contributed by atoms with E-state index in [0.29, 0.717) is 32.4 Å². The molecular formula is C27H37N7O2. The number of hydrogen-bond acceptors (Lipinski definition) is 7. The highest BCUT2D eigenvalue weighted by Gasteiger charge is 2.41. The molecule has 0 bridgehead atoms. The molecule has 1 unspecified atom stereocenters. The van der Waals surface area contributed by atoms with E-state index in [1.54, 1.807) is 0 Å². The summed E-state index contributed by atoms with van der Waals surface area (Å²) in [6.07, 6.45) is 8.80. The Morgan fingerprint density at radius 1 is 1.00 bits per heavy atom. The number of benzene rings is 1. The van der Waals surface area contributed by atoms with Crippen molar-refractivity contribution < 1.29 is 9.90 Å². The number of hydrogen-bond donors (Lipinski definition) is 1. The summed E-state index contributed by atoms with van der Waals surface area (Å²) in [7, 11) is 2.16. The molecule has 0 radical (unpaired) electrons. The van der Waals surface area contributed by atoms with E-state index in [-0.39, 0.29) is 17.9 Å². The Morgan fingerprint density at radius 3 is 2.39 bits per heavy atom. The Balaban J connectivity index is 1.08. The molecule has 1 saturated carbocycles. The van der Waals surface area contributed by atoms with Crippen molar-refractivity contribution in [2.24, 2.45) is 11.0 Å². The van der Waals surface area contributed by atoms with Gasteiger partial charge < -0.3 is 19.8 Å². The number of rotatable bonds is 6. The fourth-order valence-corrected chi connectivity index (χ4v) is 5.69. The monoisotopic (exact) mass is 491 g/mol. The zero-order chi connectivity index (χ0) is 24.7. The minimum Gasteiger partial charge on any atom is -0.390 e. The fraction of sp³-hybridized carbons (Fsp3) is 0.593. The lowest BCUT2D eigenvalue weighted by Gasteiger charge is -2.40. The lowest BCUT2D eigenvalue weighted by Crippen LogP contribution is -2.49. The first-order chi connectivity index (χ1) is 17.5. The van der Waals surface area contributed by atoms with Gasteiger partial charge in [-0.1, -0.05) is 0 Å². The van der Waals surface area contributed by atoms with Crippen LogP contribution in [-0.4, -0.2) is 94.8 Å². The molecule has 3 aliphatic heterocycles. The highest BCUT2D eigenvalue weighted by Crippen LogP contribution is 2.36. The van der Waals surface area contributed by atoms with Crippen molar-refractivity contribution in [3.05, 3.63) is 36.5 Å². The molecule has 9 heteroatoms. The quantitative estimate of drug-likeness (QED) is 0.668. The highest BCUT2D eigenvalue weighted by atomic mass is 16.3. The summed E-state index contributed by atoms with van der Waals surface area (Å²) < 4.78 is 1.93. The van der Waals surface area contributed by atoms with Gasteiger partial charge in [0.15, 0.2) is 5.82 Å². The molecule has 6 rings (SSSR count). The van der Waals surface area contributed by atoms with E-state index in [4.69, 9.17) is 5.10 Å². The first-order valence-corrected chi connectivity index (χ1v) is 13.4. The summed E-state index contributed by atoms with van der Waals surface area (Å²) in [6, 6.07) is 10.5. The maximum Gasteiger partial charge on any atom is 0.225 e. The van der Waals surface area contributed by atoms with Crippen LogP contribution in [0.15, 0.2) is 41.6 Å². The van der Waals surface area contributed by atoms with Crippen molar-refractivity contribution in [1.29, 1.82) is 0 Å². The Labute approximate surface area is 213 Å². The van der Waals surface area contributed by atoms with Crippen LogP contribution in [0.1, 0.15) is 38.5 Å². The van der Waals surface area contributed by atoms with Gasteiger partial charge in [-0.2, -0.15) is 10.2 Å². The molecule has 36 heavy (non-hydrogen) atoms. The zero-order valence-electron chi connectivity index (χ0n) is 21.2. The second-order valence-corrected chi connectivity index (χ2v) is 11.0. The van der Waals surface area contributed by atoms with Crippen LogP contribution in [0.5, 0.6) is 0 Å². The lowest BCUT2D eigenvalue weighted by molar-refractivity contribution is -0.137. The number of hydrazone groups is 1. The van der Waals surface area contributed by atoms with Crippen molar-refractivity contribution >= 4 is 23.6 Å². The van der Waals surface area contributed by atoms with Gasteiger partial charge >= 0.3 is 0 Å². The van der Waals surface area contributed by atoms with Crippen LogP contribution in [0.25, 0.3) is 5.69 Å². The second kappa shape index (κ2) is 9.52.